The van der Waals surface area contributed by atoms with E-state index in [0.29, 0.717) is 11.1 Å². The number of aromatic nitrogens is 2. The van der Waals surface area contributed by atoms with Crippen LogP contribution in [0, 0.1) is 0 Å². The molecule has 1 heterocycles. The topological polar surface area (TPSA) is 49.2 Å². The molecule has 1 aliphatic carbocycles. The monoisotopic (exact) mass is 255 g/mol. The molecule has 0 unspecified atom stereocenters. The standard InChI is InChI=1S/C12H18ClN3O/c1-2-16(6-3-7-17)11-8-10(13)14-12(15-11)9-4-5-9/h8-9,17H,2-7H2,1H3. The molecule has 0 aliphatic heterocycles. The normalized spacial score (nSPS) is 15.0. The fourth-order valence-electron chi connectivity index (χ4n) is 1.81. The van der Waals surface area contributed by atoms with Crippen molar-refractivity contribution in [2.24, 2.45) is 0 Å². The number of hydrogen-bond donors (Lipinski definition) is 1. The molecule has 0 aromatic carbocycles. The smallest absolute Gasteiger partial charge is 0.135 e. The Hall–Kier alpha value is -0.870. The first-order chi connectivity index (χ1) is 8.24. The van der Waals surface area contributed by atoms with E-state index in [2.05, 4.69) is 21.8 Å². The average molecular weight is 256 g/mol. The second kappa shape index (κ2) is 5.65. The first-order valence-corrected chi connectivity index (χ1v) is 6.52. The Balaban J connectivity index is 2.16. The molecule has 1 aromatic rings. The molecule has 0 amide bonds. The number of nitrogens with zero attached hydrogens (tertiary/aromatic N) is 3. The summed E-state index contributed by atoms with van der Waals surface area (Å²) < 4.78 is 0. The number of hydrogen-bond acceptors (Lipinski definition) is 4. The van der Waals surface area contributed by atoms with Gasteiger partial charge >= 0.3 is 0 Å². The Morgan fingerprint density at radius 3 is 2.82 bits per heavy atom. The van der Waals surface area contributed by atoms with Crippen LogP contribution in [-0.4, -0.2) is 34.8 Å². The van der Waals surface area contributed by atoms with Crippen molar-refractivity contribution in [2.75, 3.05) is 24.6 Å². The summed E-state index contributed by atoms with van der Waals surface area (Å²) in [7, 11) is 0. The second-order valence-electron chi connectivity index (χ2n) is 4.34. The van der Waals surface area contributed by atoms with Gasteiger partial charge in [-0.1, -0.05) is 11.6 Å². The molecular formula is C12H18ClN3O. The van der Waals surface area contributed by atoms with Gasteiger partial charge in [0.15, 0.2) is 0 Å². The molecule has 1 aliphatic rings. The molecule has 1 fully saturated rings. The first-order valence-electron chi connectivity index (χ1n) is 6.15. The van der Waals surface area contributed by atoms with Crippen LogP contribution in [0.25, 0.3) is 0 Å². The lowest BCUT2D eigenvalue weighted by molar-refractivity contribution is 0.289. The van der Waals surface area contributed by atoms with E-state index >= 15 is 0 Å². The van der Waals surface area contributed by atoms with Gasteiger partial charge in [0.2, 0.25) is 0 Å². The fourth-order valence-corrected chi connectivity index (χ4v) is 1.99. The van der Waals surface area contributed by atoms with Gasteiger partial charge in [-0.3, -0.25) is 0 Å². The summed E-state index contributed by atoms with van der Waals surface area (Å²) in [5, 5.41) is 9.39. The molecule has 1 N–H and O–H groups in total. The summed E-state index contributed by atoms with van der Waals surface area (Å²) >= 11 is 6.03. The predicted octanol–water partition coefficient (Wildman–Crippen LogP) is 2.22. The lowest BCUT2D eigenvalue weighted by Crippen LogP contribution is -2.26. The van der Waals surface area contributed by atoms with Gasteiger partial charge in [-0.2, -0.15) is 0 Å². The number of rotatable bonds is 6. The van der Waals surface area contributed by atoms with Crippen LogP contribution in [0.1, 0.15) is 37.9 Å². The van der Waals surface area contributed by atoms with Crippen LogP contribution in [0.2, 0.25) is 5.15 Å². The van der Waals surface area contributed by atoms with Crippen molar-refractivity contribution in [1.29, 1.82) is 0 Å². The molecule has 0 atom stereocenters. The molecule has 0 spiro atoms. The predicted molar refractivity (Wildman–Crippen MR) is 68.6 cm³/mol. The van der Waals surface area contributed by atoms with Crippen molar-refractivity contribution < 1.29 is 5.11 Å². The van der Waals surface area contributed by atoms with Crippen LogP contribution in [0.3, 0.4) is 0 Å². The quantitative estimate of drug-likeness (QED) is 0.792. The Labute approximate surface area is 107 Å². The molecule has 1 aromatic heterocycles. The van der Waals surface area contributed by atoms with Gasteiger partial charge in [0.1, 0.15) is 16.8 Å². The summed E-state index contributed by atoms with van der Waals surface area (Å²) in [6, 6.07) is 1.80. The number of aliphatic hydroxyl groups excluding tert-OH is 1. The van der Waals surface area contributed by atoms with Gasteiger partial charge in [-0.05, 0) is 26.2 Å². The summed E-state index contributed by atoms with van der Waals surface area (Å²) in [4.78, 5) is 11.0. The third kappa shape index (κ3) is 3.30. The maximum absolute atomic E-state index is 8.88. The van der Waals surface area contributed by atoms with E-state index in [-0.39, 0.29) is 6.61 Å². The average Bonchev–Trinajstić information content (AvgIpc) is 3.13. The lowest BCUT2D eigenvalue weighted by Gasteiger charge is -2.22. The maximum atomic E-state index is 8.88. The Bertz CT molecular complexity index is 382. The highest BCUT2D eigenvalue weighted by Gasteiger charge is 2.27. The zero-order valence-corrected chi connectivity index (χ0v) is 10.8. The largest absolute Gasteiger partial charge is 0.396 e. The zero-order valence-electron chi connectivity index (χ0n) is 10.1. The number of aliphatic hydroxyl groups is 1. The van der Waals surface area contributed by atoms with E-state index in [1.165, 1.54) is 12.8 Å². The molecule has 4 nitrogen and oxygen atoms in total. The van der Waals surface area contributed by atoms with Crippen LogP contribution in [0.4, 0.5) is 5.82 Å². The molecule has 17 heavy (non-hydrogen) atoms. The molecule has 0 saturated heterocycles. The van der Waals surface area contributed by atoms with Crippen molar-refractivity contribution in [3.8, 4) is 0 Å². The summed E-state index contributed by atoms with van der Waals surface area (Å²) in [6.45, 7) is 3.93. The van der Waals surface area contributed by atoms with E-state index < -0.39 is 0 Å². The molecular weight excluding hydrogens is 238 g/mol. The van der Waals surface area contributed by atoms with Gasteiger partial charge < -0.3 is 10.0 Å². The molecule has 5 heteroatoms. The van der Waals surface area contributed by atoms with E-state index in [1.807, 2.05) is 0 Å². The zero-order chi connectivity index (χ0) is 12.3. The van der Waals surface area contributed by atoms with Crippen LogP contribution >= 0.6 is 11.6 Å². The second-order valence-corrected chi connectivity index (χ2v) is 4.73. The first kappa shape index (κ1) is 12.6. The van der Waals surface area contributed by atoms with Crippen LogP contribution in [-0.2, 0) is 0 Å². The van der Waals surface area contributed by atoms with Crippen molar-refractivity contribution in [2.45, 2.75) is 32.1 Å². The Kier molecular flexibility index (Phi) is 4.18. The van der Waals surface area contributed by atoms with Gasteiger partial charge in [0.25, 0.3) is 0 Å². The SMILES string of the molecule is CCN(CCCO)c1cc(Cl)nc(C2CC2)n1. The molecule has 2 rings (SSSR count). The van der Waals surface area contributed by atoms with Gasteiger partial charge in [-0.25, -0.2) is 9.97 Å². The van der Waals surface area contributed by atoms with Crippen LogP contribution in [0.5, 0.6) is 0 Å². The Morgan fingerprint density at radius 2 is 2.24 bits per heavy atom. The third-order valence-corrected chi connectivity index (χ3v) is 3.13. The maximum Gasteiger partial charge on any atom is 0.135 e. The third-order valence-electron chi connectivity index (χ3n) is 2.93. The van der Waals surface area contributed by atoms with E-state index in [0.717, 1.165) is 31.2 Å². The van der Waals surface area contributed by atoms with Crippen molar-refractivity contribution in [1.82, 2.24) is 9.97 Å². The molecule has 94 valence electrons. The minimum atomic E-state index is 0.199. The summed E-state index contributed by atoms with van der Waals surface area (Å²) in [5.41, 5.74) is 0. The van der Waals surface area contributed by atoms with Crippen molar-refractivity contribution >= 4 is 17.4 Å². The molecule has 1 saturated carbocycles. The summed E-state index contributed by atoms with van der Waals surface area (Å²) in [6.07, 6.45) is 3.08. The highest BCUT2D eigenvalue weighted by Crippen LogP contribution is 2.39. The van der Waals surface area contributed by atoms with E-state index in [9.17, 15) is 0 Å². The molecule has 0 bridgehead atoms. The van der Waals surface area contributed by atoms with Crippen LogP contribution in [0.15, 0.2) is 6.07 Å². The van der Waals surface area contributed by atoms with Gasteiger partial charge in [-0.15, -0.1) is 0 Å². The van der Waals surface area contributed by atoms with Crippen molar-refractivity contribution in [3.05, 3.63) is 17.0 Å². The lowest BCUT2D eigenvalue weighted by atomic mass is 10.3. The van der Waals surface area contributed by atoms with Crippen molar-refractivity contribution in [3.63, 3.8) is 0 Å². The Morgan fingerprint density at radius 1 is 1.47 bits per heavy atom. The summed E-state index contributed by atoms with van der Waals surface area (Å²) in [5.74, 6) is 2.25. The van der Waals surface area contributed by atoms with E-state index in [1.54, 1.807) is 6.07 Å². The minimum absolute atomic E-state index is 0.199. The molecule has 0 radical (unpaired) electrons. The number of halogens is 1. The number of anilines is 1. The van der Waals surface area contributed by atoms with E-state index in [4.69, 9.17) is 16.7 Å². The fraction of sp³-hybridized carbons (Fsp3) is 0.667. The highest BCUT2D eigenvalue weighted by molar-refractivity contribution is 6.29. The highest BCUT2D eigenvalue weighted by atomic mass is 35.5. The minimum Gasteiger partial charge on any atom is -0.396 e. The van der Waals surface area contributed by atoms with Gasteiger partial charge in [0, 0.05) is 31.7 Å². The van der Waals surface area contributed by atoms with Gasteiger partial charge in [0.05, 0.1) is 0 Å². The van der Waals surface area contributed by atoms with Crippen LogP contribution < -0.4 is 4.90 Å².